The number of hydrogen-bond donors (Lipinski definition) is 3. The second-order valence-electron chi connectivity index (χ2n) is 7.55. The number of nitrogens with one attached hydrogen (secondary N) is 2. The van der Waals surface area contributed by atoms with Crippen LogP contribution in [0.15, 0.2) is 54.6 Å². The maximum atomic E-state index is 13.2. The van der Waals surface area contributed by atoms with E-state index in [0.29, 0.717) is 11.3 Å². The number of urea groups is 1. The Labute approximate surface area is 175 Å². The van der Waals surface area contributed by atoms with Crippen LogP contribution in [0.3, 0.4) is 0 Å². The minimum absolute atomic E-state index is 0.151. The molecule has 1 aliphatic rings. The highest BCUT2D eigenvalue weighted by Gasteiger charge is 2.23. The van der Waals surface area contributed by atoms with Crippen molar-refractivity contribution in [3.05, 3.63) is 65.7 Å². The zero-order valence-corrected chi connectivity index (χ0v) is 16.9. The first-order valence-corrected chi connectivity index (χ1v) is 10.1. The molecule has 1 atom stereocenters. The number of benzene rings is 2. The number of carbonyl (C=O) groups is 2. The molecule has 0 bridgehead atoms. The standard InChI is InChI=1S/C23H25N5O2/c1-15(16-8-10-18(11-9-16)26-23(24)30)25-22(29)19-14-17-6-2-3-7-20(17)27-21(19)28-12-4-5-13-28/h2-3,6-11,14-15H,4-5,12-13H2,1H3,(H,25,29)(H3,24,26,30). The molecule has 0 radical (unpaired) electrons. The van der Waals surface area contributed by atoms with E-state index in [2.05, 4.69) is 15.5 Å². The number of nitrogens with two attached hydrogens (primary N) is 1. The monoisotopic (exact) mass is 403 g/mol. The number of aromatic nitrogens is 1. The third kappa shape index (κ3) is 4.20. The summed E-state index contributed by atoms with van der Waals surface area (Å²) < 4.78 is 0. The smallest absolute Gasteiger partial charge is 0.316 e. The van der Waals surface area contributed by atoms with Crippen molar-refractivity contribution in [1.82, 2.24) is 10.3 Å². The number of hydrogen-bond acceptors (Lipinski definition) is 4. The molecule has 4 rings (SSSR count). The third-order valence-electron chi connectivity index (χ3n) is 5.38. The van der Waals surface area contributed by atoms with E-state index in [1.165, 1.54) is 0 Å². The molecule has 3 aromatic rings. The SMILES string of the molecule is CC(NC(=O)c1cc2ccccc2nc1N1CCCC1)c1ccc(NC(N)=O)cc1. The van der Waals surface area contributed by atoms with Crippen LogP contribution in [0.1, 0.15) is 41.7 Å². The summed E-state index contributed by atoms with van der Waals surface area (Å²) in [6.45, 7) is 3.75. The van der Waals surface area contributed by atoms with Gasteiger partial charge in [0, 0.05) is 24.2 Å². The molecule has 4 N–H and O–H groups in total. The lowest BCUT2D eigenvalue weighted by atomic mass is 10.1. The first kappa shape index (κ1) is 19.7. The van der Waals surface area contributed by atoms with Crippen molar-refractivity contribution < 1.29 is 9.59 Å². The van der Waals surface area contributed by atoms with Gasteiger partial charge in [0.25, 0.3) is 5.91 Å². The van der Waals surface area contributed by atoms with E-state index >= 15 is 0 Å². The Morgan fingerprint density at radius 3 is 2.47 bits per heavy atom. The molecule has 1 fully saturated rings. The minimum Gasteiger partial charge on any atom is -0.356 e. The summed E-state index contributed by atoms with van der Waals surface area (Å²) in [5.74, 6) is 0.596. The molecule has 1 unspecified atom stereocenters. The lowest BCUT2D eigenvalue weighted by Gasteiger charge is -2.22. The molecule has 30 heavy (non-hydrogen) atoms. The Kier molecular flexibility index (Phi) is 5.52. The lowest BCUT2D eigenvalue weighted by Crippen LogP contribution is -2.30. The molecule has 1 aromatic heterocycles. The topological polar surface area (TPSA) is 100 Å². The highest BCUT2D eigenvalue weighted by Crippen LogP contribution is 2.27. The largest absolute Gasteiger partial charge is 0.356 e. The van der Waals surface area contributed by atoms with Crippen molar-refractivity contribution >= 4 is 34.3 Å². The number of anilines is 2. The predicted octanol–water partition coefficient (Wildman–Crippen LogP) is 3.82. The van der Waals surface area contributed by atoms with Crippen LogP contribution in [-0.4, -0.2) is 30.0 Å². The van der Waals surface area contributed by atoms with Gasteiger partial charge in [-0.15, -0.1) is 0 Å². The van der Waals surface area contributed by atoms with Crippen molar-refractivity contribution in [2.24, 2.45) is 5.73 Å². The zero-order chi connectivity index (χ0) is 21.1. The summed E-state index contributed by atoms with van der Waals surface area (Å²) in [6.07, 6.45) is 2.22. The molecule has 7 nitrogen and oxygen atoms in total. The van der Waals surface area contributed by atoms with Crippen LogP contribution in [0.25, 0.3) is 10.9 Å². The second-order valence-corrected chi connectivity index (χ2v) is 7.55. The number of fused-ring (bicyclic) bond motifs is 1. The van der Waals surface area contributed by atoms with E-state index in [1.807, 2.05) is 49.4 Å². The fraction of sp³-hybridized carbons (Fsp3) is 0.261. The number of primary amides is 1. The highest BCUT2D eigenvalue weighted by molar-refractivity contribution is 6.02. The summed E-state index contributed by atoms with van der Waals surface area (Å²) in [5.41, 5.74) is 8.16. The van der Waals surface area contributed by atoms with Crippen molar-refractivity contribution in [2.75, 3.05) is 23.3 Å². The third-order valence-corrected chi connectivity index (χ3v) is 5.38. The van der Waals surface area contributed by atoms with Gasteiger partial charge in [0.1, 0.15) is 5.82 Å². The summed E-state index contributed by atoms with van der Waals surface area (Å²) in [5, 5.41) is 6.56. The first-order valence-electron chi connectivity index (χ1n) is 10.1. The fourth-order valence-electron chi connectivity index (χ4n) is 3.80. The van der Waals surface area contributed by atoms with Crippen LogP contribution in [0.5, 0.6) is 0 Å². The molecule has 0 saturated carbocycles. The molecule has 7 heteroatoms. The van der Waals surface area contributed by atoms with Crippen molar-refractivity contribution in [1.29, 1.82) is 0 Å². The van der Waals surface area contributed by atoms with Gasteiger partial charge in [-0.1, -0.05) is 30.3 Å². The van der Waals surface area contributed by atoms with Gasteiger partial charge in [-0.25, -0.2) is 9.78 Å². The summed E-state index contributed by atoms with van der Waals surface area (Å²) in [4.78, 5) is 31.2. The van der Waals surface area contributed by atoms with Gasteiger partial charge < -0.3 is 21.3 Å². The number of para-hydroxylation sites is 1. The molecule has 1 saturated heterocycles. The van der Waals surface area contributed by atoms with Crippen molar-refractivity contribution in [3.63, 3.8) is 0 Å². The van der Waals surface area contributed by atoms with E-state index in [1.54, 1.807) is 12.1 Å². The normalized spacial score (nSPS) is 14.5. The molecule has 154 valence electrons. The second kappa shape index (κ2) is 8.41. The number of carbonyl (C=O) groups excluding carboxylic acids is 2. The molecular weight excluding hydrogens is 378 g/mol. The Bertz CT molecular complexity index is 1070. The van der Waals surface area contributed by atoms with Gasteiger partial charge in [0.15, 0.2) is 0 Å². The number of rotatable bonds is 5. The van der Waals surface area contributed by atoms with Gasteiger partial charge in [-0.2, -0.15) is 0 Å². The number of amides is 3. The fourth-order valence-corrected chi connectivity index (χ4v) is 3.80. The van der Waals surface area contributed by atoms with E-state index in [-0.39, 0.29) is 11.9 Å². The summed E-state index contributed by atoms with van der Waals surface area (Å²) in [6, 6.07) is 16.2. The average Bonchev–Trinajstić information content (AvgIpc) is 3.27. The van der Waals surface area contributed by atoms with Crippen LogP contribution in [0, 0.1) is 0 Å². The first-order chi connectivity index (χ1) is 14.5. The van der Waals surface area contributed by atoms with Crippen molar-refractivity contribution in [3.8, 4) is 0 Å². The summed E-state index contributed by atoms with van der Waals surface area (Å²) in [7, 11) is 0. The van der Waals surface area contributed by atoms with Crippen LogP contribution in [0.2, 0.25) is 0 Å². The maximum absolute atomic E-state index is 13.2. The van der Waals surface area contributed by atoms with Crippen LogP contribution >= 0.6 is 0 Å². The quantitative estimate of drug-likeness (QED) is 0.603. The molecule has 0 spiro atoms. The molecule has 1 aliphatic heterocycles. The summed E-state index contributed by atoms with van der Waals surface area (Å²) >= 11 is 0. The van der Waals surface area contributed by atoms with Crippen LogP contribution in [0.4, 0.5) is 16.3 Å². The Hall–Kier alpha value is -3.61. The minimum atomic E-state index is -0.609. The predicted molar refractivity (Wildman–Crippen MR) is 119 cm³/mol. The van der Waals surface area contributed by atoms with E-state index in [4.69, 9.17) is 10.7 Å². The molecule has 2 aromatic carbocycles. The highest BCUT2D eigenvalue weighted by atomic mass is 16.2. The van der Waals surface area contributed by atoms with Crippen molar-refractivity contribution in [2.45, 2.75) is 25.8 Å². The Morgan fingerprint density at radius 2 is 1.77 bits per heavy atom. The maximum Gasteiger partial charge on any atom is 0.316 e. The number of pyridine rings is 1. The molecule has 2 heterocycles. The molecular formula is C23H25N5O2. The molecule has 3 amide bonds. The van der Waals surface area contributed by atoms with Crippen LogP contribution < -0.4 is 21.3 Å². The van der Waals surface area contributed by atoms with Crippen LogP contribution in [-0.2, 0) is 0 Å². The zero-order valence-electron chi connectivity index (χ0n) is 16.9. The van der Waals surface area contributed by atoms with E-state index in [0.717, 1.165) is 48.2 Å². The molecule has 0 aliphatic carbocycles. The van der Waals surface area contributed by atoms with Gasteiger partial charge in [0.2, 0.25) is 0 Å². The Morgan fingerprint density at radius 1 is 1.07 bits per heavy atom. The van der Waals surface area contributed by atoms with Gasteiger partial charge in [0.05, 0.1) is 17.1 Å². The number of nitrogens with zero attached hydrogens (tertiary/aromatic N) is 2. The lowest BCUT2D eigenvalue weighted by molar-refractivity contribution is 0.0940. The Balaban J connectivity index is 1.59. The van der Waals surface area contributed by atoms with Gasteiger partial charge in [-0.3, -0.25) is 4.79 Å². The van der Waals surface area contributed by atoms with Gasteiger partial charge in [-0.05, 0) is 49.6 Å². The van der Waals surface area contributed by atoms with E-state index < -0.39 is 6.03 Å². The average molecular weight is 403 g/mol. The van der Waals surface area contributed by atoms with E-state index in [9.17, 15) is 9.59 Å². The van der Waals surface area contributed by atoms with Gasteiger partial charge >= 0.3 is 6.03 Å².